The van der Waals surface area contributed by atoms with E-state index in [0.717, 1.165) is 34.6 Å². The van der Waals surface area contributed by atoms with E-state index in [4.69, 9.17) is 11.6 Å². The second kappa shape index (κ2) is 7.43. The molecule has 3 nitrogen and oxygen atoms in total. The Labute approximate surface area is 139 Å². The van der Waals surface area contributed by atoms with E-state index in [1.54, 1.807) is 0 Å². The first-order chi connectivity index (χ1) is 10.1. The predicted molar refractivity (Wildman–Crippen MR) is 92.1 cm³/mol. The van der Waals surface area contributed by atoms with Gasteiger partial charge in [-0.25, -0.2) is 0 Å². The van der Waals surface area contributed by atoms with Crippen molar-refractivity contribution in [3.8, 4) is 0 Å². The van der Waals surface area contributed by atoms with Gasteiger partial charge in [0.1, 0.15) is 0 Å². The Balaban J connectivity index is 2.28. The van der Waals surface area contributed by atoms with Crippen molar-refractivity contribution in [3.05, 3.63) is 50.7 Å². The zero-order chi connectivity index (χ0) is 15.4. The summed E-state index contributed by atoms with van der Waals surface area (Å²) in [6.07, 6.45) is 1.87. The Hall–Kier alpha value is -0.840. The van der Waals surface area contributed by atoms with Gasteiger partial charge >= 0.3 is 0 Å². The molecule has 0 saturated heterocycles. The molecule has 0 amide bonds. The van der Waals surface area contributed by atoms with E-state index in [2.05, 4.69) is 45.4 Å². The Morgan fingerprint density at radius 1 is 1.33 bits per heavy atom. The van der Waals surface area contributed by atoms with E-state index in [9.17, 15) is 0 Å². The summed E-state index contributed by atoms with van der Waals surface area (Å²) in [6, 6.07) is 8.12. The predicted octanol–water partition coefficient (Wildman–Crippen LogP) is 3.94. The summed E-state index contributed by atoms with van der Waals surface area (Å²) in [7, 11) is 4.00. The van der Waals surface area contributed by atoms with Crippen molar-refractivity contribution in [1.29, 1.82) is 0 Å². The van der Waals surface area contributed by atoms with E-state index in [0.29, 0.717) is 5.92 Å². The molecule has 0 spiro atoms. The maximum Gasteiger partial charge on any atom is 0.0766 e. The van der Waals surface area contributed by atoms with E-state index in [1.165, 1.54) is 11.3 Å². The normalized spacial score (nSPS) is 12.6. The highest BCUT2D eigenvalue weighted by Crippen LogP contribution is 2.28. The molecule has 0 saturated carbocycles. The van der Waals surface area contributed by atoms with Crippen molar-refractivity contribution in [2.24, 2.45) is 7.05 Å². The molecule has 0 aliphatic heterocycles. The lowest BCUT2D eigenvalue weighted by atomic mass is 9.94. The molecular weight excluding hydrogens is 350 g/mol. The van der Waals surface area contributed by atoms with Crippen LogP contribution < -0.4 is 5.32 Å². The number of aromatic nitrogens is 2. The summed E-state index contributed by atoms with van der Waals surface area (Å²) < 4.78 is 3.13. The average molecular weight is 371 g/mol. The van der Waals surface area contributed by atoms with Crippen molar-refractivity contribution in [2.45, 2.75) is 25.7 Å². The van der Waals surface area contributed by atoms with Crippen molar-refractivity contribution in [3.63, 3.8) is 0 Å². The molecule has 1 atom stereocenters. The summed E-state index contributed by atoms with van der Waals surface area (Å²) in [5, 5.41) is 8.64. The van der Waals surface area contributed by atoms with Gasteiger partial charge in [0.25, 0.3) is 0 Å². The molecule has 0 radical (unpaired) electrons. The number of rotatable bonds is 6. The molecule has 1 unspecified atom stereocenters. The number of halogens is 2. The molecular formula is C16H21BrClN3. The van der Waals surface area contributed by atoms with E-state index >= 15 is 0 Å². The van der Waals surface area contributed by atoms with Gasteiger partial charge in [0.05, 0.1) is 15.9 Å². The topological polar surface area (TPSA) is 29.9 Å². The van der Waals surface area contributed by atoms with Crippen LogP contribution in [-0.4, -0.2) is 23.4 Å². The monoisotopic (exact) mass is 369 g/mol. The summed E-state index contributed by atoms with van der Waals surface area (Å²) in [6.45, 7) is 3.04. The largest absolute Gasteiger partial charge is 0.319 e. The first-order valence-corrected chi connectivity index (χ1v) is 8.34. The van der Waals surface area contributed by atoms with E-state index in [1.807, 2.05) is 30.9 Å². The van der Waals surface area contributed by atoms with Crippen molar-refractivity contribution >= 4 is 27.5 Å². The molecule has 2 aromatic rings. The molecule has 5 heteroatoms. The molecule has 1 aromatic heterocycles. The number of hydrogen-bond donors (Lipinski definition) is 1. The summed E-state index contributed by atoms with van der Waals surface area (Å²) in [5.74, 6) is 0.392. The molecule has 1 aromatic carbocycles. The summed E-state index contributed by atoms with van der Waals surface area (Å²) >= 11 is 9.69. The van der Waals surface area contributed by atoms with Gasteiger partial charge in [0.2, 0.25) is 0 Å². The minimum Gasteiger partial charge on any atom is -0.319 e. The fourth-order valence-electron chi connectivity index (χ4n) is 2.56. The Kier molecular flexibility index (Phi) is 5.85. The second-order valence-corrected chi connectivity index (χ2v) is 6.42. The minimum absolute atomic E-state index is 0.392. The van der Waals surface area contributed by atoms with Crippen LogP contribution in [0.5, 0.6) is 0 Å². The average Bonchev–Trinajstić information content (AvgIpc) is 2.75. The van der Waals surface area contributed by atoms with Gasteiger partial charge in [0.15, 0.2) is 0 Å². The summed E-state index contributed by atoms with van der Waals surface area (Å²) in [5.41, 5.74) is 3.65. The SMILES string of the molecule is CCc1nn(C)c(CC(CNC)c2ccc(Cl)cc2)c1Br. The molecule has 114 valence electrons. The van der Waals surface area contributed by atoms with Gasteiger partial charge in [0, 0.05) is 24.5 Å². The van der Waals surface area contributed by atoms with Gasteiger partial charge in [-0.3, -0.25) is 4.68 Å². The lowest BCUT2D eigenvalue weighted by Gasteiger charge is -2.17. The smallest absolute Gasteiger partial charge is 0.0766 e. The van der Waals surface area contributed by atoms with Crippen LogP contribution in [0.3, 0.4) is 0 Å². The standard InChI is InChI=1S/C16H21BrClN3/c1-4-14-16(17)15(21(3)20-14)9-12(10-19-2)11-5-7-13(18)8-6-11/h5-8,12,19H,4,9-10H2,1-3H3. The molecule has 0 aliphatic rings. The van der Waals surface area contributed by atoms with E-state index in [-0.39, 0.29) is 0 Å². The number of aryl methyl sites for hydroxylation is 2. The second-order valence-electron chi connectivity index (χ2n) is 5.19. The maximum atomic E-state index is 5.99. The molecule has 0 fully saturated rings. The molecule has 1 heterocycles. The highest BCUT2D eigenvalue weighted by molar-refractivity contribution is 9.10. The third-order valence-electron chi connectivity index (χ3n) is 3.73. The van der Waals surface area contributed by atoms with E-state index < -0.39 is 0 Å². The van der Waals surface area contributed by atoms with Gasteiger partial charge < -0.3 is 5.32 Å². The van der Waals surface area contributed by atoms with Crippen LogP contribution in [0, 0.1) is 0 Å². The lowest BCUT2D eigenvalue weighted by molar-refractivity contribution is 0.589. The third-order valence-corrected chi connectivity index (χ3v) is 4.90. The van der Waals surface area contributed by atoms with Gasteiger partial charge in [-0.05, 0) is 53.5 Å². The van der Waals surface area contributed by atoms with Crippen LogP contribution in [0.1, 0.15) is 29.8 Å². The Morgan fingerprint density at radius 3 is 2.52 bits per heavy atom. The Bertz CT molecular complexity index is 592. The third kappa shape index (κ3) is 3.87. The number of nitrogens with one attached hydrogen (secondary N) is 1. The zero-order valence-corrected chi connectivity index (χ0v) is 15.0. The van der Waals surface area contributed by atoms with Crippen LogP contribution in [0.25, 0.3) is 0 Å². The van der Waals surface area contributed by atoms with Gasteiger partial charge in [-0.1, -0.05) is 30.7 Å². The molecule has 2 rings (SSSR count). The fraction of sp³-hybridized carbons (Fsp3) is 0.438. The van der Waals surface area contributed by atoms with Gasteiger partial charge in [-0.15, -0.1) is 0 Å². The number of benzene rings is 1. The molecule has 21 heavy (non-hydrogen) atoms. The quantitative estimate of drug-likeness (QED) is 0.834. The highest BCUT2D eigenvalue weighted by Gasteiger charge is 2.18. The lowest BCUT2D eigenvalue weighted by Crippen LogP contribution is -2.20. The molecule has 0 aliphatic carbocycles. The first-order valence-electron chi connectivity index (χ1n) is 7.17. The fourth-order valence-corrected chi connectivity index (χ4v) is 3.47. The van der Waals surface area contributed by atoms with Crippen molar-refractivity contribution in [2.75, 3.05) is 13.6 Å². The minimum atomic E-state index is 0.392. The van der Waals surface area contributed by atoms with Crippen molar-refractivity contribution < 1.29 is 0 Å². The molecule has 1 N–H and O–H groups in total. The number of nitrogens with zero attached hydrogens (tertiary/aromatic N) is 2. The highest BCUT2D eigenvalue weighted by atomic mass is 79.9. The first kappa shape index (κ1) is 16.5. The number of likely N-dealkylation sites (N-methyl/N-ethyl adjacent to an activating group) is 1. The number of hydrogen-bond acceptors (Lipinski definition) is 2. The van der Waals surface area contributed by atoms with Crippen LogP contribution in [0.4, 0.5) is 0 Å². The van der Waals surface area contributed by atoms with Crippen LogP contribution >= 0.6 is 27.5 Å². The van der Waals surface area contributed by atoms with Gasteiger partial charge in [-0.2, -0.15) is 5.10 Å². The Morgan fingerprint density at radius 2 is 2.00 bits per heavy atom. The maximum absolute atomic E-state index is 5.99. The van der Waals surface area contributed by atoms with Crippen LogP contribution in [0.15, 0.2) is 28.7 Å². The zero-order valence-electron chi connectivity index (χ0n) is 12.7. The molecule has 0 bridgehead atoms. The van der Waals surface area contributed by atoms with Crippen LogP contribution in [0.2, 0.25) is 5.02 Å². The van der Waals surface area contributed by atoms with Crippen molar-refractivity contribution in [1.82, 2.24) is 15.1 Å². The van der Waals surface area contributed by atoms with Crippen LogP contribution in [-0.2, 0) is 19.9 Å². The summed E-state index contributed by atoms with van der Waals surface area (Å²) in [4.78, 5) is 0.